The molecular formula is C10H19ClIN2-. The van der Waals surface area contributed by atoms with E-state index in [9.17, 15) is 0 Å². The van der Waals surface area contributed by atoms with Gasteiger partial charge in [0, 0.05) is 0 Å². The molecule has 4 heteroatoms. The normalized spacial score (nSPS) is 46.9. The van der Waals surface area contributed by atoms with Crippen molar-refractivity contribution in [2.45, 2.75) is 28.9 Å². The Morgan fingerprint density at radius 1 is 1.36 bits per heavy atom. The molecule has 0 N–H and O–H groups in total. The predicted octanol–water partition coefficient (Wildman–Crippen LogP) is -1.75. The van der Waals surface area contributed by atoms with Crippen molar-refractivity contribution < 1.29 is 21.2 Å². The monoisotopic (exact) mass is 329 g/mol. The number of alkyl halides is 3. The number of hydrogen-bond donors (Lipinski definition) is 0. The summed E-state index contributed by atoms with van der Waals surface area (Å²) in [5, 5.41) is 0. The molecule has 2 saturated heterocycles. The molecule has 0 bridgehead atoms. The van der Waals surface area contributed by atoms with Crippen LogP contribution in [0.3, 0.4) is 0 Å². The van der Waals surface area contributed by atoms with Crippen LogP contribution in [-0.4, -0.2) is 50.5 Å². The standard InChI is InChI=1S/C10H19ClIN2/c1-7-6-13(2)10(11)14(3)9(7)8-4-5-12-8/h7-10H,4-6H2,1-3H3/q-1. The summed E-state index contributed by atoms with van der Waals surface area (Å²) in [5.41, 5.74) is 0.112. The fourth-order valence-electron chi connectivity index (χ4n) is 2.61. The van der Waals surface area contributed by atoms with Gasteiger partial charge < -0.3 is 0 Å². The third kappa shape index (κ3) is 1.93. The zero-order valence-electron chi connectivity index (χ0n) is 9.08. The van der Waals surface area contributed by atoms with E-state index < -0.39 is 0 Å². The average molecular weight is 330 g/mol. The maximum atomic E-state index is 6.37. The van der Waals surface area contributed by atoms with Crippen molar-refractivity contribution in [1.82, 2.24) is 9.80 Å². The van der Waals surface area contributed by atoms with Gasteiger partial charge in [-0.25, -0.2) is 0 Å². The Balaban J connectivity index is 2.06. The molecule has 14 heavy (non-hydrogen) atoms. The van der Waals surface area contributed by atoms with E-state index in [1.54, 1.807) is 0 Å². The predicted molar refractivity (Wildman–Crippen MR) is 56.3 cm³/mol. The van der Waals surface area contributed by atoms with E-state index in [1.165, 1.54) is 10.8 Å². The fourth-order valence-corrected chi connectivity index (χ4v) is 5.90. The Morgan fingerprint density at radius 2 is 2.00 bits per heavy atom. The minimum absolute atomic E-state index is 0.112. The van der Waals surface area contributed by atoms with Gasteiger partial charge >= 0.3 is 103 Å². The number of rotatable bonds is 1. The molecule has 2 heterocycles. The molecular weight excluding hydrogens is 310 g/mol. The first-order valence-corrected chi connectivity index (χ1v) is 8.46. The molecule has 0 saturated carbocycles. The summed E-state index contributed by atoms with van der Waals surface area (Å²) in [6.45, 7) is 3.53. The van der Waals surface area contributed by atoms with Crippen LogP contribution in [-0.2, 0) is 0 Å². The molecule has 84 valence electrons. The molecule has 0 aliphatic carbocycles. The maximum absolute atomic E-state index is 6.37. The summed E-state index contributed by atoms with van der Waals surface area (Å²) in [6.07, 6.45) is 1.46. The van der Waals surface area contributed by atoms with Gasteiger partial charge in [0.05, 0.1) is 0 Å². The molecule has 4 unspecified atom stereocenters. The molecule has 2 rings (SSSR count). The third-order valence-electron chi connectivity index (χ3n) is 3.39. The van der Waals surface area contributed by atoms with Crippen LogP contribution < -0.4 is 21.2 Å². The van der Waals surface area contributed by atoms with Gasteiger partial charge in [-0.1, -0.05) is 0 Å². The zero-order chi connectivity index (χ0) is 10.3. The van der Waals surface area contributed by atoms with Crippen molar-refractivity contribution in [1.29, 1.82) is 0 Å². The summed E-state index contributed by atoms with van der Waals surface area (Å²) in [4.78, 5) is 4.64. The summed E-state index contributed by atoms with van der Waals surface area (Å²) in [7, 11) is 4.31. The molecule has 2 nitrogen and oxygen atoms in total. The van der Waals surface area contributed by atoms with Crippen molar-refractivity contribution in [3.05, 3.63) is 0 Å². The van der Waals surface area contributed by atoms with E-state index in [1.807, 2.05) is 0 Å². The SMILES string of the molecule is CC1CN(C)C(Cl)N(C)C1C1CC[I-]1. The first-order chi connectivity index (χ1) is 6.61. The minimum atomic E-state index is 0.112. The van der Waals surface area contributed by atoms with Gasteiger partial charge in [0.2, 0.25) is 0 Å². The Kier molecular flexibility index (Phi) is 3.62. The van der Waals surface area contributed by atoms with E-state index in [0.717, 1.165) is 22.4 Å². The third-order valence-corrected chi connectivity index (χ3v) is 7.77. The molecule has 0 radical (unpaired) electrons. The second kappa shape index (κ2) is 4.44. The summed E-state index contributed by atoms with van der Waals surface area (Å²) >= 11 is 6.86. The first-order valence-electron chi connectivity index (χ1n) is 5.25. The van der Waals surface area contributed by atoms with Crippen LogP contribution in [0.2, 0.25) is 0 Å². The van der Waals surface area contributed by atoms with Crippen molar-refractivity contribution in [2.24, 2.45) is 5.92 Å². The Bertz CT molecular complexity index is 210. The average Bonchev–Trinajstić information content (AvgIpc) is 2.05. The van der Waals surface area contributed by atoms with E-state index in [2.05, 4.69) is 30.8 Å². The van der Waals surface area contributed by atoms with Crippen LogP contribution in [0, 0.1) is 5.92 Å². The van der Waals surface area contributed by atoms with E-state index in [-0.39, 0.29) is 5.62 Å². The van der Waals surface area contributed by atoms with E-state index >= 15 is 0 Å². The Hall–Kier alpha value is 0.940. The van der Waals surface area contributed by atoms with Crippen LogP contribution in [0.15, 0.2) is 0 Å². The van der Waals surface area contributed by atoms with Crippen LogP contribution in [0.25, 0.3) is 0 Å². The fraction of sp³-hybridized carbons (Fsp3) is 1.00. The van der Waals surface area contributed by atoms with Crippen LogP contribution in [0.1, 0.15) is 13.3 Å². The molecule has 0 aromatic carbocycles. The topological polar surface area (TPSA) is 6.48 Å². The number of halogens is 2. The van der Waals surface area contributed by atoms with Gasteiger partial charge in [-0.05, 0) is 0 Å². The molecule has 2 fully saturated rings. The molecule has 0 aromatic rings. The van der Waals surface area contributed by atoms with Crippen LogP contribution >= 0.6 is 11.6 Å². The molecule has 4 atom stereocenters. The van der Waals surface area contributed by atoms with E-state index in [0.29, 0.717) is 21.2 Å². The van der Waals surface area contributed by atoms with E-state index in [4.69, 9.17) is 11.6 Å². The number of nitrogens with zero attached hydrogens (tertiary/aromatic N) is 2. The van der Waals surface area contributed by atoms with Gasteiger partial charge in [-0.2, -0.15) is 0 Å². The summed E-state index contributed by atoms with van der Waals surface area (Å²) in [6, 6.07) is 0.759. The molecule has 0 aromatic heterocycles. The van der Waals surface area contributed by atoms with Crippen molar-refractivity contribution >= 4 is 11.6 Å². The van der Waals surface area contributed by atoms with Gasteiger partial charge in [0.25, 0.3) is 0 Å². The second-order valence-corrected chi connectivity index (χ2v) is 8.48. The first kappa shape index (κ1) is 11.4. The number of hydrogen-bond acceptors (Lipinski definition) is 2. The van der Waals surface area contributed by atoms with Gasteiger partial charge in [-0.15, -0.1) is 0 Å². The summed E-state index contributed by atoms with van der Waals surface area (Å²) < 4.78 is 2.55. The Morgan fingerprint density at radius 3 is 2.50 bits per heavy atom. The quantitative estimate of drug-likeness (QED) is 0.320. The van der Waals surface area contributed by atoms with Gasteiger partial charge in [-0.3, -0.25) is 0 Å². The van der Waals surface area contributed by atoms with Crippen molar-refractivity contribution in [3.8, 4) is 0 Å². The molecule has 0 amide bonds. The van der Waals surface area contributed by atoms with Crippen LogP contribution in [0.4, 0.5) is 0 Å². The van der Waals surface area contributed by atoms with Crippen molar-refractivity contribution in [3.63, 3.8) is 0 Å². The zero-order valence-corrected chi connectivity index (χ0v) is 12.0. The molecule has 0 spiro atoms. The van der Waals surface area contributed by atoms with Gasteiger partial charge in [0.1, 0.15) is 0 Å². The second-order valence-electron chi connectivity index (χ2n) is 4.53. The summed E-state index contributed by atoms with van der Waals surface area (Å²) in [5.74, 6) is 0.782. The molecule has 2 aliphatic rings. The molecule has 2 aliphatic heterocycles. The van der Waals surface area contributed by atoms with Crippen LogP contribution in [0.5, 0.6) is 0 Å². The van der Waals surface area contributed by atoms with Crippen molar-refractivity contribution in [2.75, 3.05) is 25.1 Å². The Labute approximate surface area is 102 Å². The van der Waals surface area contributed by atoms with Gasteiger partial charge in [0.15, 0.2) is 0 Å².